The van der Waals surface area contributed by atoms with Gasteiger partial charge in [0.15, 0.2) is 0 Å². The fourth-order valence-electron chi connectivity index (χ4n) is 5.31. The van der Waals surface area contributed by atoms with E-state index in [1.54, 1.807) is 6.20 Å². The lowest BCUT2D eigenvalue weighted by molar-refractivity contribution is -0.132. The zero-order valence-corrected chi connectivity index (χ0v) is 19.0. The number of aromatic amines is 1. The van der Waals surface area contributed by atoms with Gasteiger partial charge in [-0.15, -0.1) is 0 Å². The van der Waals surface area contributed by atoms with Crippen molar-refractivity contribution in [1.29, 1.82) is 0 Å². The highest BCUT2D eigenvalue weighted by atomic mass is 16.2. The monoisotopic (exact) mass is 422 g/mol. The Morgan fingerprint density at radius 1 is 1.00 bits per heavy atom. The van der Waals surface area contributed by atoms with Crippen molar-refractivity contribution in [3.05, 3.63) is 52.6 Å². The zero-order chi connectivity index (χ0) is 22.0. The number of carbonyl (C=O) groups excluding carboxylic acids is 2. The number of nitrogens with one attached hydrogen (secondary N) is 1. The Labute approximate surface area is 185 Å². The minimum absolute atomic E-state index is 0.117. The SMILES string of the molecule is Cc1cncc(CC(=O)N2CCCC(C3CCCN(C(=O)c4[nH]c(C)cc4C)C3)C2)c1. The van der Waals surface area contributed by atoms with Crippen LogP contribution in [-0.2, 0) is 11.2 Å². The van der Waals surface area contributed by atoms with Crippen LogP contribution in [0.1, 0.15) is 58.6 Å². The van der Waals surface area contributed by atoms with Crippen LogP contribution >= 0.6 is 0 Å². The third kappa shape index (κ3) is 5.00. The smallest absolute Gasteiger partial charge is 0.270 e. The first-order valence-corrected chi connectivity index (χ1v) is 11.5. The molecule has 1 N–H and O–H groups in total. The number of hydrogen-bond acceptors (Lipinski definition) is 3. The molecule has 166 valence electrons. The zero-order valence-electron chi connectivity index (χ0n) is 19.0. The molecule has 2 aliphatic heterocycles. The quantitative estimate of drug-likeness (QED) is 0.817. The van der Waals surface area contributed by atoms with Crippen LogP contribution < -0.4 is 0 Å². The molecule has 2 atom stereocenters. The van der Waals surface area contributed by atoms with Gasteiger partial charge in [-0.2, -0.15) is 0 Å². The van der Waals surface area contributed by atoms with E-state index in [-0.39, 0.29) is 11.8 Å². The van der Waals surface area contributed by atoms with Crippen molar-refractivity contribution >= 4 is 11.8 Å². The number of nitrogens with zero attached hydrogens (tertiary/aromatic N) is 3. The van der Waals surface area contributed by atoms with E-state index in [9.17, 15) is 9.59 Å². The van der Waals surface area contributed by atoms with E-state index in [1.165, 1.54) is 0 Å². The van der Waals surface area contributed by atoms with E-state index >= 15 is 0 Å². The average molecular weight is 423 g/mol. The Morgan fingerprint density at radius 2 is 1.68 bits per heavy atom. The summed E-state index contributed by atoms with van der Waals surface area (Å²) in [6, 6.07) is 4.07. The Balaban J connectivity index is 1.38. The predicted molar refractivity (Wildman–Crippen MR) is 121 cm³/mol. The van der Waals surface area contributed by atoms with Crippen LogP contribution in [0.4, 0.5) is 0 Å². The maximum atomic E-state index is 13.1. The van der Waals surface area contributed by atoms with Crippen LogP contribution in [0.15, 0.2) is 24.5 Å². The molecular weight excluding hydrogens is 388 g/mol. The minimum atomic E-state index is 0.117. The van der Waals surface area contributed by atoms with Crippen molar-refractivity contribution in [1.82, 2.24) is 19.8 Å². The summed E-state index contributed by atoms with van der Waals surface area (Å²) in [5, 5.41) is 0. The molecule has 2 fully saturated rings. The minimum Gasteiger partial charge on any atom is -0.354 e. The molecule has 2 saturated heterocycles. The maximum Gasteiger partial charge on any atom is 0.270 e. The van der Waals surface area contributed by atoms with Gasteiger partial charge in [0, 0.05) is 44.3 Å². The topological polar surface area (TPSA) is 69.3 Å². The van der Waals surface area contributed by atoms with Crippen LogP contribution in [-0.4, -0.2) is 57.8 Å². The van der Waals surface area contributed by atoms with Crippen molar-refractivity contribution in [2.75, 3.05) is 26.2 Å². The van der Waals surface area contributed by atoms with Crippen LogP contribution in [0.2, 0.25) is 0 Å². The summed E-state index contributed by atoms with van der Waals surface area (Å²) in [7, 11) is 0. The van der Waals surface area contributed by atoms with Gasteiger partial charge >= 0.3 is 0 Å². The number of carbonyl (C=O) groups is 2. The Kier molecular flexibility index (Phi) is 6.44. The molecule has 0 spiro atoms. The third-order valence-electron chi connectivity index (χ3n) is 6.87. The van der Waals surface area contributed by atoms with E-state index in [1.807, 2.05) is 48.9 Å². The summed E-state index contributed by atoms with van der Waals surface area (Å²) < 4.78 is 0. The molecule has 2 aromatic rings. The molecular formula is C25H34N4O2. The van der Waals surface area contributed by atoms with Gasteiger partial charge in [-0.25, -0.2) is 0 Å². The molecule has 6 heteroatoms. The van der Waals surface area contributed by atoms with Gasteiger partial charge in [-0.05, 0) is 81.0 Å². The number of hydrogen-bond donors (Lipinski definition) is 1. The summed E-state index contributed by atoms with van der Waals surface area (Å²) in [5.74, 6) is 1.24. The van der Waals surface area contributed by atoms with Gasteiger partial charge in [-0.1, -0.05) is 6.07 Å². The van der Waals surface area contributed by atoms with E-state index in [2.05, 4.69) is 9.97 Å². The number of rotatable bonds is 4. The third-order valence-corrected chi connectivity index (χ3v) is 6.87. The molecule has 4 rings (SSSR count). The average Bonchev–Trinajstić information content (AvgIpc) is 3.11. The lowest BCUT2D eigenvalue weighted by atomic mass is 9.80. The molecule has 2 unspecified atom stereocenters. The van der Waals surface area contributed by atoms with Crippen LogP contribution in [0.5, 0.6) is 0 Å². The summed E-state index contributed by atoms with van der Waals surface area (Å²) in [6.07, 6.45) is 8.39. The number of piperidine rings is 2. The second-order valence-corrected chi connectivity index (χ2v) is 9.45. The van der Waals surface area contributed by atoms with Crippen LogP contribution in [0.3, 0.4) is 0 Å². The lowest BCUT2D eigenvalue weighted by Gasteiger charge is -2.41. The molecule has 4 heterocycles. The van der Waals surface area contributed by atoms with E-state index < -0.39 is 0 Å². The largest absolute Gasteiger partial charge is 0.354 e. The molecule has 6 nitrogen and oxygen atoms in total. The Morgan fingerprint density at radius 3 is 2.32 bits per heavy atom. The van der Waals surface area contributed by atoms with Crippen molar-refractivity contribution in [2.45, 2.75) is 52.9 Å². The first-order chi connectivity index (χ1) is 14.9. The van der Waals surface area contributed by atoms with Gasteiger partial charge in [0.2, 0.25) is 5.91 Å². The fourth-order valence-corrected chi connectivity index (χ4v) is 5.31. The van der Waals surface area contributed by atoms with Gasteiger partial charge in [0.25, 0.3) is 5.91 Å². The normalized spacial score (nSPS) is 21.9. The van der Waals surface area contributed by atoms with E-state index in [4.69, 9.17) is 0 Å². The van der Waals surface area contributed by atoms with E-state index in [0.29, 0.717) is 18.3 Å². The molecule has 0 aromatic carbocycles. The highest BCUT2D eigenvalue weighted by Gasteiger charge is 2.34. The Bertz CT molecular complexity index is 951. The highest BCUT2D eigenvalue weighted by molar-refractivity contribution is 5.94. The van der Waals surface area contributed by atoms with Gasteiger partial charge in [0.05, 0.1) is 6.42 Å². The molecule has 2 aromatic heterocycles. The highest BCUT2D eigenvalue weighted by Crippen LogP contribution is 2.31. The lowest BCUT2D eigenvalue weighted by Crippen LogP contribution is -2.48. The predicted octanol–water partition coefficient (Wildman–Crippen LogP) is 3.67. The maximum absolute atomic E-state index is 13.1. The number of aromatic nitrogens is 2. The standard InChI is InChI=1S/C25H34N4O2/c1-17-10-20(14-26-13-17)12-23(30)28-8-4-6-21(15-28)22-7-5-9-29(16-22)25(31)24-18(2)11-19(3)27-24/h10-11,13-14,21-22,27H,4-9,12,15-16H2,1-3H3. The molecule has 0 radical (unpaired) electrons. The summed E-state index contributed by atoms with van der Waals surface area (Å²) in [5.41, 5.74) is 4.84. The second kappa shape index (κ2) is 9.25. The fraction of sp³-hybridized carbons (Fsp3) is 0.560. The molecule has 2 aliphatic rings. The number of H-pyrrole nitrogens is 1. The first-order valence-electron chi connectivity index (χ1n) is 11.5. The van der Waals surface area contributed by atoms with Crippen molar-refractivity contribution < 1.29 is 9.59 Å². The van der Waals surface area contributed by atoms with Crippen molar-refractivity contribution in [2.24, 2.45) is 11.8 Å². The van der Waals surface area contributed by atoms with Gasteiger partial charge < -0.3 is 14.8 Å². The van der Waals surface area contributed by atoms with Crippen molar-refractivity contribution in [3.8, 4) is 0 Å². The molecule has 0 aliphatic carbocycles. The second-order valence-electron chi connectivity index (χ2n) is 9.45. The number of aryl methyl sites for hydroxylation is 3. The summed E-state index contributed by atoms with van der Waals surface area (Å²) in [4.78, 5) is 37.5. The summed E-state index contributed by atoms with van der Waals surface area (Å²) >= 11 is 0. The first kappa shape index (κ1) is 21.6. The number of likely N-dealkylation sites (tertiary alicyclic amines) is 2. The summed E-state index contributed by atoms with van der Waals surface area (Å²) in [6.45, 7) is 9.25. The number of pyridine rings is 1. The van der Waals surface area contributed by atoms with Crippen LogP contribution in [0.25, 0.3) is 0 Å². The molecule has 0 bridgehead atoms. The molecule has 31 heavy (non-hydrogen) atoms. The number of amides is 2. The van der Waals surface area contributed by atoms with E-state index in [0.717, 1.165) is 79.9 Å². The molecule has 0 saturated carbocycles. The van der Waals surface area contributed by atoms with Crippen molar-refractivity contribution in [3.63, 3.8) is 0 Å². The molecule has 2 amide bonds. The Hall–Kier alpha value is -2.63. The van der Waals surface area contributed by atoms with Crippen LogP contribution in [0, 0.1) is 32.6 Å². The van der Waals surface area contributed by atoms with Gasteiger partial charge in [0.1, 0.15) is 5.69 Å². The van der Waals surface area contributed by atoms with Gasteiger partial charge in [-0.3, -0.25) is 14.6 Å².